The smallest absolute Gasteiger partial charge is 0.141 e. The second-order valence-corrected chi connectivity index (χ2v) is 5.52. The molecule has 0 aromatic carbocycles. The van der Waals surface area contributed by atoms with Gasteiger partial charge in [0.2, 0.25) is 0 Å². The third kappa shape index (κ3) is 2.15. The molecule has 2 aliphatic rings. The van der Waals surface area contributed by atoms with Gasteiger partial charge >= 0.3 is 0 Å². The number of halogens is 1. The third-order valence-electron chi connectivity index (χ3n) is 4.31. The molecule has 3 rings (SSSR count). The fourth-order valence-corrected chi connectivity index (χ4v) is 3.12. The second-order valence-electron chi connectivity index (χ2n) is 5.52. The van der Waals surface area contributed by atoms with Crippen molar-refractivity contribution in [2.75, 3.05) is 6.61 Å². The maximum Gasteiger partial charge on any atom is 0.141 e. The summed E-state index contributed by atoms with van der Waals surface area (Å²) in [6.07, 6.45) is 7.20. The van der Waals surface area contributed by atoms with Crippen LogP contribution in [0.2, 0.25) is 0 Å². The topological polar surface area (TPSA) is 42.4 Å². The zero-order valence-electron chi connectivity index (χ0n) is 10.3. The molecule has 2 fully saturated rings. The molecule has 1 aromatic rings. The van der Waals surface area contributed by atoms with Crippen molar-refractivity contribution in [2.24, 2.45) is 5.92 Å². The first-order valence-electron chi connectivity index (χ1n) is 6.61. The number of nitrogens with zero attached hydrogens (tertiary/aromatic N) is 1. The average Bonchev–Trinajstić information content (AvgIpc) is 2.36. The van der Waals surface area contributed by atoms with Crippen LogP contribution in [0.3, 0.4) is 0 Å². The lowest BCUT2D eigenvalue weighted by Crippen LogP contribution is -2.46. The van der Waals surface area contributed by atoms with E-state index in [4.69, 9.17) is 4.74 Å². The van der Waals surface area contributed by atoms with E-state index in [2.05, 4.69) is 4.98 Å². The molecule has 1 spiro atoms. The number of rotatable bonds is 2. The minimum atomic E-state index is -0.630. The van der Waals surface area contributed by atoms with Crippen molar-refractivity contribution in [3.05, 3.63) is 29.8 Å². The van der Waals surface area contributed by atoms with Gasteiger partial charge < -0.3 is 9.84 Å². The molecule has 2 unspecified atom stereocenters. The van der Waals surface area contributed by atoms with E-state index in [0.29, 0.717) is 12.2 Å². The molecule has 0 radical (unpaired) electrons. The van der Waals surface area contributed by atoms with Gasteiger partial charge in [-0.15, -0.1) is 0 Å². The Hall–Kier alpha value is -1.00. The van der Waals surface area contributed by atoms with Crippen LogP contribution in [0.25, 0.3) is 0 Å². The minimum absolute atomic E-state index is 0.00461. The number of pyridine rings is 1. The van der Waals surface area contributed by atoms with Gasteiger partial charge in [0, 0.05) is 18.4 Å². The van der Waals surface area contributed by atoms with E-state index >= 15 is 0 Å². The molecule has 0 amide bonds. The van der Waals surface area contributed by atoms with E-state index < -0.39 is 11.9 Å². The van der Waals surface area contributed by atoms with Gasteiger partial charge in [0.1, 0.15) is 5.82 Å². The lowest BCUT2D eigenvalue weighted by Gasteiger charge is -2.48. The van der Waals surface area contributed by atoms with Crippen molar-refractivity contribution in [1.82, 2.24) is 4.98 Å². The number of aliphatic hydroxyl groups excluding tert-OH is 1. The van der Waals surface area contributed by atoms with Crippen LogP contribution in [0, 0.1) is 11.7 Å². The Kier molecular flexibility index (Phi) is 3.08. The number of ether oxygens (including phenoxy) is 1. The molecule has 18 heavy (non-hydrogen) atoms. The van der Waals surface area contributed by atoms with Crippen LogP contribution < -0.4 is 0 Å². The van der Waals surface area contributed by atoms with Gasteiger partial charge in [-0.1, -0.05) is 0 Å². The first kappa shape index (κ1) is 12.1. The van der Waals surface area contributed by atoms with Crippen LogP contribution in [-0.4, -0.2) is 22.3 Å². The summed E-state index contributed by atoms with van der Waals surface area (Å²) in [6, 6.07) is 1.38. The summed E-state index contributed by atoms with van der Waals surface area (Å²) >= 11 is 0. The Bertz CT molecular complexity index is 434. The first-order chi connectivity index (χ1) is 8.69. The summed E-state index contributed by atoms with van der Waals surface area (Å²) in [6.45, 7) is 0.699. The van der Waals surface area contributed by atoms with Crippen LogP contribution in [-0.2, 0) is 4.74 Å². The Morgan fingerprint density at radius 3 is 2.94 bits per heavy atom. The summed E-state index contributed by atoms with van der Waals surface area (Å²) in [7, 11) is 0. The highest BCUT2D eigenvalue weighted by molar-refractivity contribution is 5.15. The van der Waals surface area contributed by atoms with Crippen molar-refractivity contribution in [1.29, 1.82) is 0 Å². The van der Waals surface area contributed by atoms with Crippen molar-refractivity contribution in [3.8, 4) is 0 Å². The summed E-state index contributed by atoms with van der Waals surface area (Å²) in [5, 5.41) is 10.4. The molecule has 2 atom stereocenters. The van der Waals surface area contributed by atoms with Gasteiger partial charge in [0.25, 0.3) is 0 Å². The van der Waals surface area contributed by atoms with Gasteiger partial charge in [-0.25, -0.2) is 4.39 Å². The molecule has 1 aromatic heterocycles. The van der Waals surface area contributed by atoms with E-state index in [1.807, 2.05) is 0 Å². The molecule has 2 heterocycles. The van der Waals surface area contributed by atoms with E-state index in [1.165, 1.54) is 12.5 Å². The minimum Gasteiger partial charge on any atom is -0.388 e. The van der Waals surface area contributed by atoms with Crippen LogP contribution in [0.15, 0.2) is 18.5 Å². The maximum atomic E-state index is 13.1. The number of aromatic nitrogens is 1. The van der Waals surface area contributed by atoms with Crippen LogP contribution in [0.1, 0.15) is 43.8 Å². The predicted molar refractivity (Wildman–Crippen MR) is 64.4 cm³/mol. The Labute approximate surface area is 106 Å². The Morgan fingerprint density at radius 2 is 2.28 bits per heavy atom. The predicted octanol–water partition coefficient (Wildman–Crippen LogP) is 2.60. The van der Waals surface area contributed by atoms with Crippen LogP contribution in [0.5, 0.6) is 0 Å². The molecular formula is C14H18FNO2. The Morgan fingerprint density at radius 1 is 1.44 bits per heavy atom. The highest BCUT2D eigenvalue weighted by atomic mass is 19.1. The summed E-state index contributed by atoms with van der Waals surface area (Å²) in [5.74, 6) is -0.236. The molecule has 1 saturated heterocycles. The molecule has 4 heteroatoms. The highest BCUT2D eigenvalue weighted by Gasteiger charge is 2.44. The molecule has 1 aliphatic carbocycles. The lowest BCUT2D eigenvalue weighted by molar-refractivity contribution is -0.157. The molecule has 0 bridgehead atoms. The highest BCUT2D eigenvalue weighted by Crippen LogP contribution is 2.47. The van der Waals surface area contributed by atoms with Crippen molar-refractivity contribution in [3.63, 3.8) is 0 Å². The van der Waals surface area contributed by atoms with Crippen molar-refractivity contribution < 1.29 is 14.2 Å². The molecule has 1 saturated carbocycles. The summed E-state index contributed by atoms with van der Waals surface area (Å²) in [5.41, 5.74) is 0.585. The zero-order valence-corrected chi connectivity index (χ0v) is 10.3. The van der Waals surface area contributed by atoms with Gasteiger partial charge in [-0.05, 0) is 44.1 Å². The largest absolute Gasteiger partial charge is 0.388 e. The standard InChI is InChI=1S/C14H18FNO2/c15-12-6-11(8-16-9-12)13(17)10-2-5-18-14(7-10)3-1-4-14/h6,8-10,13,17H,1-5,7H2. The number of aliphatic hydroxyl groups is 1. The summed E-state index contributed by atoms with van der Waals surface area (Å²) in [4.78, 5) is 3.80. The number of hydrogen-bond donors (Lipinski definition) is 1. The average molecular weight is 251 g/mol. The fraction of sp³-hybridized carbons (Fsp3) is 0.643. The molecule has 3 nitrogen and oxygen atoms in total. The molecular weight excluding hydrogens is 233 g/mol. The quantitative estimate of drug-likeness (QED) is 0.878. The monoisotopic (exact) mass is 251 g/mol. The first-order valence-corrected chi connectivity index (χ1v) is 6.61. The van der Waals surface area contributed by atoms with Crippen molar-refractivity contribution in [2.45, 2.75) is 43.8 Å². The van der Waals surface area contributed by atoms with E-state index in [9.17, 15) is 9.50 Å². The molecule has 1 aliphatic heterocycles. The Balaban J connectivity index is 1.73. The van der Waals surface area contributed by atoms with E-state index in [0.717, 1.165) is 31.9 Å². The van der Waals surface area contributed by atoms with E-state index in [1.54, 1.807) is 6.20 Å². The maximum absolute atomic E-state index is 13.1. The van der Waals surface area contributed by atoms with E-state index in [-0.39, 0.29) is 11.5 Å². The molecule has 98 valence electrons. The van der Waals surface area contributed by atoms with Gasteiger partial charge in [0.15, 0.2) is 0 Å². The number of hydrogen-bond acceptors (Lipinski definition) is 3. The van der Waals surface area contributed by atoms with Gasteiger partial charge in [0.05, 0.1) is 17.9 Å². The third-order valence-corrected chi connectivity index (χ3v) is 4.31. The van der Waals surface area contributed by atoms with Crippen LogP contribution >= 0.6 is 0 Å². The summed E-state index contributed by atoms with van der Waals surface area (Å²) < 4.78 is 19.0. The van der Waals surface area contributed by atoms with Crippen molar-refractivity contribution >= 4 is 0 Å². The van der Waals surface area contributed by atoms with Crippen LogP contribution in [0.4, 0.5) is 4.39 Å². The van der Waals surface area contributed by atoms with Gasteiger partial charge in [-0.3, -0.25) is 4.98 Å². The SMILES string of the molecule is OC(c1cncc(F)c1)C1CCOC2(CCC2)C1. The second kappa shape index (κ2) is 4.59. The lowest BCUT2D eigenvalue weighted by atomic mass is 9.70. The zero-order chi connectivity index (χ0) is 12.6. The van der Waals surface area contributed by atoms with Gasteiger partial charge in [-0.2, -0.15) is 0 Å². The fourth-order valence-electron chi connectivity index (χ4n) is 3.12. The normalized spacial score (nSPS) is 27.8. The molecule has 1 N–H and O–H groups in total.